The lowest BCUT2D eigenvalue weighted by molar-refractivity contribution is -0.124. The highest BCUT2D eigenvalue weighted by Gasteiger charge is 2.26. The molecule has 1 aliphatic carbocycles. The van der Waals surface area contributed by atoms with Crippen molar-refractivity contribution in [1.82, 2.24) is 20.0 Å². The molecule has 1 fully saturated rings. The number of carbonyl (C=O) groups excluding carboxylic acids is 1. The number of aromatic nitrogens is 2. The molecule has 1 aliphatic rings. The Balaban J connectivity index is 1.95. The fourth-order valence-electron chi connectivity index (χ4n) is 2.18. The van der Waals surface area contributed by atoms with E-state index in [1.165, 1.54) is 10.7 Å². The first kappa shape index (κ1) is 15.7. The van der Waals surface area contributed by atoms with Gasteiger partial charge in [-0.2, -0.15) is 5.10 Å². The fraction of sp³-hybridized carbons (Fsp3) is 0.667. The molecule has 1 N–H and O–H groups in total. The smallest absolute Gasteiger partial charge is 0.267 e. The van der Waals surface area contributed by atoms with E-state index in [-0.39, 0.29) is 11.5 Å². The number of hydrogen-bond donors (Lipinski definition) is 1. The summed E-state index contributed by atoms with van der Waals surface area (Å²) in [4.78, 5) is 26.1. The van der Waals surface area contributed by atoms with Crippen LogP contribution in [0, 0.1) is 0 Å². The third-order valence-corrected chi connectivity index (χ3v) is 3.67. The summed E-state index contributed by atoms with van der Waals surface area (Å²) in [6.45, 7) is 3.24. The molecule has 1 unspecified atom stereocenters. The number of nitrogens with one attached hydrogen (secondary N) is 1. The number of carbonyl (C=O) groups is 1. The molecule has 1 amide bonds. The number of hydrogen-bond acceptors (Lipinski definition) is 4. The zero-order valence-electron chi connectivity index (χ0n) is 13.0. The van der Waals surface area contributed by atoms with Crippen LogP contribution in [-0.4, -0.2) is 47.8 Å². The molecule has 1 atom stereocenters. The summed E-state index contributed by atoms with van der Waals surface area (Å²) in [5.41, 5.74) is 0.692. The molecule has 0 spiro atoms. The zero-order valence-corrected chi connectivity index (χ0v) is 13.0. The highest BCUT2D eigenvalue weighted by molar-refractivity contribution is 5.79. The Labute approximate surface area is 125 Å². The molecular formula is C15H24N4O2. The van der Waals surface area contributed by atoms with Gasteiger partial charge in [-0.15, -0.1) is 0 Å². The van der Waals surface area contributed by atoms with Crippen LogP contribution in [0.15, 0.2) is 16.9 Å². The molecule has 0 bridgehead atoms. The fourth-order valence-corrected chi connectivity index (χ4v) is 2.18. The van der Waals surface area contributed by atoms with Crippen LogP contribution in [0.25, 0.3) is 0 Å². The van der Waals surface area contributed by atoms with Crippen molar-refractivity contribution in [1.29, 1.82) is 0 Å². The second-order valence-corrected chi connectivity index (χ2v) is 5.94. The van der Waals surface area contributed by atoms with Gasteiger partial charge in [0.15, 0.2) is 0 Å². The molecule has 1 aromatic rings. The SMILES string of the molecule is CC(C(=O)NCCCN(C)C)n1nc(C2CC2)ccc1=O. The maximum atomic E-state index is 12.1. The molecule has 1 heterocycles. The van der Waals surface area contributed by atoms with E-state index < -0.39 is 6.04 Å². The van der Waals surface area contributed by atoms with E-state index in [9.17, 15) is 9.59 Å². The van der Waals surface area contributed by atoms with Gasteiger partial charge in [-0.05, 0) is 52.9 Å². The van der Waals surface area contributed by atoms with Crippen LogP contribution in [0.5, 0.6) is 0 Å². The molecule has 1 saturated carbocycles. The standard InChI is InChI=1S/C15H24N4O2/c1-11(15(21)16-9-4-10-18(2)3)19-14(20)8-7-13(17-19)12-5-6-12/h7-8,11-12H,4-6,9-10H2,1-3H3,(H,16,21). The average molecular weight is 292 g/mol. The molecule has 0 radical (unpaired) electrons. The second-order valence-electron chi connectivity index (χ2n) is 5.94. The summed E-state index contributed by atoms with van der Waals surface area (Å²) in [6.07, 6.45) is 3.13. The summed E-state index contributed by atoms with van der Waals surface area (Å²) < 4.78 is 1.30. The summed E-state index contributed by atoms with van der Waals surface area (Å²) in [7, 11) is 3.99. The van der Waals surface area contributed by atoms with Crippen LogP contribution in [0.1, 0.15) is 43.8 Å². The van der Waals surface area contributed by atoms with Crippen molar-refractivity contribution in [2.45, 2.75) is 38.1 Å². The predicted molar refractivity (Wildman–Crippen MR) is 81.4 cm³/mol. The Morgan fingerprint density at radius 2 is 2.19 bits per heavy atom. The van der Waals surface area contributed by atoms with Crippen molar-refractivity contribution in [2.24, 2.45) is 0 Å². The summed E-state index contributed by atoms with van der Waals surface area (Å²) in [6, 6.07) is 2.71. The molecule has 0 aromatic carbocycles. The van der Waals surface area contributed by atoms with E-state index in [1.54, 1.807) is 13.0 Å². The van der Waals surface area contributed by atoms with Crippen LogP contribution >= 0.6 is 0 Å². The van der Waals surface area contributed by atoms with Gasteiger partial charge in [0.25, 0.3) is 5.56 Å². The number of rotatable bonds is 7. The van der Waals surface area contributed by atoms with Crippen molar-refractivity contribution in [3.63, 3.8) is 0 Å². The van der Waals surface area contributed by atoms with Crippen molar-refractivity contribution >= 4 is 5.91 Å². The molecule has 2 rings (SSSR count). The van der Waals surface area contributed by atoms with Gasteiger partial charge in [-0.1, -0.05) is 0 Å². The topological polar surface area (TPSA) is 67.2 Å². The van der Waals surface area contributed by atoms with E-state index >= 15 is 0 Å². The Morgan fingerprint density at radius 1 is 1.48 bits per heavy atom. The van der Waals surface area contributed by atoms with Crippen molar-refractivity contribution in [3.8, 4) is 0 Å². The van der Waals surface area contributed by atoms with E-state index in [0.717, 1.165) is 31.5 Å². The third kappa shape index (κ3) is 4.39. The van der Waals surface area contributed by atoms with Gasteiger partial charge in [0, 0.05) is 18.5 Å². The van der Waals surface area contributed by atoms with E-state index in [2.05, 4.69) is 15.3 Å². The average Bonchev–Trinajstić information content (AvgIpc) is 3.27. The maximum Gasteiger partial charge on any atom is 0.267 e. The van der Waals surface area contributed by atoms with Crippen molar-refractivity contribution < 1.29 is 4.79 Å². The maximum absolute atomic E-state index is 12.1. The zero-order chi connectivity index (χ0) is 15.4. The van der Waals surface area contributed by atoms with Gasteiger partial charge in [-0.25, -0.2) is 4.68 Å². The number of amides is 1. The molecule has 6 nitrogen and oxygen atoms in total. The lowest BCUT2D eigenvalue weighted by Crippen LogP contribution is -2.38. The lowest BCUT2D eigenvalue weighted by atomic mass is 10.2. The molecule has 0 saturated heterocycles. The Bertz CT molecular complexity index is 549. The predicted octanol–water partition coefficient (Wildman–Crippen LogP) is 0.750. The summed E-state index contributed by atoms with van der Waals surface area (Å²) in [5, 5.41) is 7.21. The van der Waals surface area contributed by atoms with Gasteiger partial charge in [0.1, 0.15) is 6.04 Å². The minimum Gasteiger partial charge on any atom is -0.354 e. The molecule has 116 valence electrons. The third-order valence-electron chi connectivity index (χ3n) is 3.67. The molecule has 1 aromatic heterocycles. The van der Waals surface area contributed by atoms with Crippen molar-refractivity contribution in [2.75, 3.05) is 27.2 Å². The van der Waals surface area contributed by atoms with Gasteiger partial charge in [-0.3, -0.25) is 9.59 Å². The number of nitrogens with zero attached hydrogens (tertiary/aromatic N) is 3. The first-order valence-electron chi connectivity index (χ1n) is 7.51. The van der Waals surface area contributed by atoms with E-state index in [1.807, 2.05) is 14.1 Å². The summed E-state index contributed by atoms with van der Waals surface area (Å²) in [5.74, 6) is 0.309. The van der Waals surface area contributed by atoms with E-state index in [0.29, 0.717) is 12.5 Å². The molecule has 21 heavy (non-hydrogen) atoms. The van der Waals surface area contributed by atoms with Crippen molar-refractivity contribution in [3.05, 3.63) is 28.2 Å². The van der Waals surface area contributed by atoms with Crippen LogP contribution < -0.4 is 10.9 Å². The van der Waals surface area contributed by atoms with Gasteiger partial charge in [0.2, 0.25) is 5.91 Å². The van der Waals surface area contributed by atoms with Gasteiger partial charge >= 0.3 is 0 Å². The van der Waals surface area contributed by atoms with Crippen LogP contribution in [0.2, 0.25) is 0 Å². The minimum atomic E-state index is -0.574. The highest BCUT2D eigenvalue weighted by Crippen LogP contribution is 2.38. The van der Waals surface area contributed by atoms with E-state index in [4.69, 9.17) is 0 Å². The Morgan fingerprint density at radius 3 is 2.81 bits per heavy atom. The van der Waals surface area contributed by atoms with Crippen LogP contribution in [0.3, 0.4) is 0 Å². The molecule has 0 aliphatic heterocycles. The monoisotopic (exact) mass is 292 g/mol. The molecular weight excluding hydrogens is 268 g/mol. The first-order chi connectivity index (χ1) is 9.99. The second kappa shape index (κ2) is 6.85. The van der Waals surface area contributed by atoms with Gasteiger partial charge < -0.3 is 10.2 Å². The largest absolute Gasteiger partial charge is 0.354 e. The van der Waals surface area contributed by atoms with Gasteiger partial charge in [0.05, 0.1) is 5.69 Å². The lowest BCUT2D eigenvalue weighted by Gasteiger charge is -2.15. The molecule has 6 heteroatoms. The Kier molecular flexibility index (Phi) is 5.12. The quantitative estimate of drug-likeness (QED) is 0.753. The first-order valence-corrected chi connectivity index (χ1v) is 7.51. The van der Waals surface area contributed by atoms with Crippen LogP contribution in [-0.2, 0) is 4.79 Å². The normalized spacial score (nSPS) is 16.0. The highest BCUT2D eigenvalue weighted by atomic mass is 16.2. The van der Waals surface area contributed by atoms with Crippen LogP contribution in [0.4, 0.5) is 0 Å². The Hall–Kier alpha value is -1.69. The summed E-state index contributed by atoms with van der Waals surface area (Å²) >= 11 is 0. The minimum absolute atomic E-state index is 0.156.